The number of Topliss-reactive ketones (excluding diaryl/α,β-unsaturated/α-hetero) is 1. The molecule has 0 N–H and O–H groups in total. The van der Waals surface area contributed by atoms with E-state index in [1.54, 1.807) is 6.92 Å². The van der Waals surface area contributed by atoms with Crippen LogP contribution in [0.1, 0.15) is 79.8 Å². The molecule has 2 fully saturated rings. The van der Waals surface area contributed by atoms with Gasteiger partial charge in [-0.3, -0.25) is 14.5 Å². The van der Waals surface area contributed by atoms with Crippen LogP contribution < -0.4 is 0 Å². The molecule has 4 heteroatoms. The average molecular weight is 501 g/mol. The van der Waals surface area contributed by atoms with Crippen molar-refractivity contribution in [2.75, 3.05) is 26.7 Å². The molecule has 3 atom stereocenters. The molecule has 1 saturated heterocycles. The van der Waals surface area contributed by atoms with Gasteiger partial charge in [0.05, 0.1) is 0 Å². The molecule has 198 valence electrons. The molecule has 0 radical (unpaired) electrons. The lowest BCUT2D eigenvalue weighted by molar-refractivity contribution is -0.134. The fraction of sp³-hybridized carbons (Fsp3) is 0.515. The fourth-order valence-electron chi connectivity index (χ4n) is 6.72. The third-order valence-corrected chi connectivity index (χ3v) is 8.95. The van der Waals surface area contributed by atoms with Crippen LogP contribution in [0.15, 0.2) is 67.3 Å². The molecule has 1 heterocycles. The number of hydrogen-bond acceptors (Lipinski definition) is 3. The number of benzene rings is 2. The summed E-state index contributed by atoms with van der Waals surface area (Å²) in [5.74, 6) is 0.923. The maximum absolute atomic E-state index is 13.2. The summed E-state index contributed by atoms with van der Waals surface area (Å²) in [4.78, 5) is 30.0. The van der Waals surface area contributed by atoms with E-state index in [0.29, 0.717) is 12.3 Å². The minimum Gasteiger partial charge on any atom is -0.343 e. The van der Waals surface area contributed by atoms with Crippen LogP contribution in [0.5, 0.6) is 0 Å². The number of piperidine rings is 1. The zero-order valence-electron chi connectivity index (χ0n) is 22.8. The number of carbonyl (C=O) groups excluding carboxylic acids is 2. The quantitative estimate of drug-likeness (QED) is 0.202. The predicted molar refractivity (Wildman–Crippen MR) is 152 cm³/mol. The normalized spacial score (nSPS) is 23.7. The van der Waals surface area contributed by atoms with Crippen molar-refractivity contribution in [3.05, 3.63) is 83.9 Å². The van der Waals surface area contributed by atoms with Crippen molar-refractivity contribution >= 4 is 11.7 Å². The van der Waals surface area contributed by atoms with E-state index in [9.17, 15) is 9.59 Å². The van der Waals surface area contributed by atoms with Gasteiger partial charge in [-0.15, -0.1) is 6.58 Å². The topological polar surface area (TPSA) is 40.6 Å². The smallest absolute Gasteiger partial charge is 0.222 e. The van der Waals surface area contributed by atoms with Gasteiger partial charge in [0.1, 0.15) is 0 Å². The largest absolute Gasteiger partial charge is 0.343 e. The van der Waals surface area contributed by atoms with Gasteiger partial charge in [0.2, 0.25) is 5.91 Å². The minimum atomic E-state index is 0.0102. The Morgan fingerprint density at radius 3 is 2.65 bits per heavy atom. The van der Waals surface area contributed by atoms with Gasteiger partial charge in [-0.25, -0.2) is 0 Å². The van der Waals surface area contributed by atoms with Crippen molar-refractivity contribution < 1.29 is 9.59 Å². The van der Waals surface area contributed by atoms with Gasteiger partial charge in [0.25, 0.3) is 0 Å². The fourth-order valence-corrected chi connectivity index (χ4v) is 6.72. The number of rotatable bonds is 11. The van der Waals surface area contributed by atoms with E-state index >= 15 is 0 Å². The molecular weight excluding hydrogens is 456 g/mol. The molecule has 1 aliphatic heterocycles. The van der Waals surface area contributed by atoms with Gasteiger partial charge in [0, 0.05) is 43.6 Å². The number of ketones is 1. The van der Waals surface area contributed by atoms with Gasteiger partial charge >= 0.3 is 0 Å². The molecule has 4 rings (SSSR count). The first-order chi connectivity index (χ1) is 17.9. The third kappa shape index (κ3) is 6.59. The van der Waals surface area contributed by atoms with Crippen molar-refractivity contribution in [1.82, 2.24) is 9.80 Å². The van der Waals surface area contributed by atoms with Crippen LogP contribution in [-0.4, -0.2) is 54.2 Å². The van der Waals surface area contributed by atoms with E-state index in [1.165, 1.54) is 11.1 Å². The van der Waals surface area contributed by atoms with Crippen molar-refractivity contribution in [3.8, 4) is 0 Å². The molecule has 1 aliphatic carbocycles. The summed E-state index contributed by atoms with van der Waals surface area (Å²) < 4.78 is 0. The second kappa shape index (κ2) is 12.7. The summed E-state index contributed by atoms with van der Waals surface area (Å²) in [6.07, 6.45) is 11.1. The first kappa shape index (κ1) is 27.3. The Labute approximate surface area is 223 Å². The number of nitrogens with zero attached hydrogens (tertiary/aromatic N) is 2. The summed E-state index contributed by atoms with van der Waals surface area (Å²) in [6, 6.07) is 19.2. The number of likely N-dealkylation sites (tertiary alicyclic amines) is 1. The van der Waals surface area contributed by atoms with E-state index in [-0.39, 0.29) is 23.1 Å². The Kier molecular flexibility index (Phi) is 9.37. The molecular formula is C33H44N2O2. The van der Waals surface area contributed by atoms with Crippen LogP contribution in [0.3, 0.4) is 0 Å². The molecule has 3 unspecified atom stereocenters. The molecule has 2 aliphatic rings. The van der Waals surface area contributed by atoms with Gasteiger partial charge in [-0.05, 0) is 81.5 Å². The number of amides is 1. The lowest BCUT2D eigenvalue weighted by atomic mass is 9.57. The highest BCUT2D eigenvalue weighted by atomic mass is 16.2. The van der Waals surface area contributed by atoms with E-state index in [0.717, 1.165) is 76.6 Å². The SMILES string of the molecule is C=CCN1CCC2(c3cccc(C(C)=O)c3)CC(N(C)C(=O)CCCCCc3ccccc3)CCC2C1. The van der Waals surface area contributed by atoms with Crippen LogP contribution in [0.4, 0.5) is 0 Å². The summed E-state index contributed by atoms with van der Waals surface area (Å²) in [5, 5.41) is 0. The highest BCUT2D eigenvalue weighted by Gasteiger charge is 2.49. The number of hydrogen-bond donors (Lipinski definition) is 0. The van der Waals surface area contributed by atoms with E-state index in [4.69, 9.17) is 0 Å². The predicted octanol–water partition coefficient (Wildman–Crippen LogP) is 6.45. The Morgan fingerprint density at radius 1 is 1.08 bits per heavy atom. The molecule has 2 aromatic carbocycles. The standard InChI is InChI=1S/C33H44N2O2/c1-4-21-35-22-20-33(29-16-11-15-28(23-29)26(2)36)24-31(19-18-30(33)25-35)34(3)32(37)17-10-6-9-14-27-12-7-5-8-13-27/h4-5,7-8,11-13,15-16,23,30-31H,1,6,9-10,14,17-22,24-25H2,2-3H3. The second-order valence-electron chi connectivity index (χ2n) is 11.3. The van der Waals surface area contributed by atoms with Crippen LogP contribution in [0.25, 0.3) is 0 Å². The van der Waals surface area contributed by atoms with E-state index < -0.39 is 0 Å². The van der Waals surface area contributed by atoms with Gasteiger partial charge in [0.15, 0.2) is 5.78 Å². The monoisotopic (exact) mass is 500 g/mol. The lowest BCUT2D eigenvalue weighted by Crippen LogP contribution is -2.56. The number of aryl methyl sites for hydroxylation is 1. The third-order valence-electron chi connectivity index (χ3n) is 8.95. The molecule has 0 bridgehead atoms. The van der Waals surface area contributed by atoms with E-state index in [2.05, 4.69) is 58.8 Å². The van der Waals surface area contributed by atoms with Crippen LogP contribution in [0.2, 0.25) is 0 Å². The second-order valence-corrected chi connectivity index (χ2v) is 11.3. The molecule has 4 nitrogen and oxygen atoms in total. The number of unbranched alkanes of at least 4 members (excludes halogenated alkanes) is 2. The maximum Gasteiger partial charge on any atom is 0.222 e. The van der Waals surface area contributed by atoms with Crippen molar-refractivity contribution in [2.45, 2.75) is 76.2 Å². The van der Waals surface area contributed by atoms with Crippen molar-refractivity contribution in [2.24, 2.45) is 5.92 Å². The molecule has 2 aromatic rings. The number of carbonyl (C=O) groups is 2. The first-order valence-electron chi connectivity index (χ1n) is 14.2. The zero-order valence-corrected chi connectivity index (χ0v) is 22.8. The zero-order chi connectivity index (χ0) is 26.3. The van der Waals surface area contributed by atoms with Gasteiger partial charge < -0.3 is 4.90 Å². The summed E-state index contributed by atoms with van der Waals surface area (Å²) in [6.45, 7) is 8.60. The lowest BCUT2D eigenvalue weighted by Gasteiger charge is -2.54. The van der Waals surface area contributed by atoms with Gasteiger partial charge in [-0.1, -0.05) is 61.0 Å². The van der Waals surface area contributed by atoms with Gasteiger partial charge in [-0.2, -0.15) is 0 Å². The Hall–Kier alpha value is -2.72. The van der Waals surface area contributed by atoms with E-state index in [1.807, 2.05) is 25.3 Å². The van der Waals surface area contributed by atoms with Crippen molar-refractivity contribution in [1.29, 1.82) is 0 Å². The summed E-state index contributed by atoms with van der Waals surface area (Å²) >= 11 is 0. The highest BCUT2D eigenvalue weighted by molar-refractivity contribution is 5.94. The molecule has 37 heavy (non-hydrogen) atoms. The molecule has 1 saturated carbocycles. The highest BCUT2D eigenvalue weighted by Crippen LogP contribution is 2.50. The first-order valence-corrected chi connectivity index (χ1v) is 14.2. The number of fused-ring (bicyclic) bond motifs is 1. The summed E-state index contributed by atoms with van der Waals surface area (Å²) in [5.41, 5.74) is 3.47. The average Bonchev–Trinajstić information content (AvgIpc) is 2.93. The maximum atomic E-state index is 13.2. The molecule has 0 aromatic heterocycles. The Balaban J connectivity index is 1.41. The summed E-state index contributed by atoms with van der Waals surface area (Å²) in [7, 11) is 2.02. The Morgan fingerprint density at radius 2 is 1.89 bits per heavy atom. The van der Waals surface area contributed by atoms with Crippen LogP contribution >= 0.6 is 0 Å². The molecule has 0 spiro atoms. The molecule has 1 amide bonds. The van der Waals surface area contributed by atoms with Crippen LogP contribution in [-0.2, 0) is 16.6 Å². The van der Waals surface area contributed by atoms with Crippen LogP contribution in [0, 0.1) is 5.92 Å². The Bertz CT molecular complexity index is 1070. The van der Waals surface area contributed by atoms with Crippen molar-refractivity contribution in [3.63, 3.8) is 0 Å². The minimum absolute atomic E-state index is 0.0102.